The Morgan fingerprint density at radius 1 is 0.636 bits per heavy atom. The lowest BCUT2D eigenvalue weighted by Gasteiger charge is -2.40. The van der Waals surface area contributed by atoms with Gasteiger partial charge < -0.3 is 9.47 Å². The number of alkyl halides is 13. The molecule has 1 saturated heterocycles. The second-order valence-corrected chi connectivity index (χ2v) is 7.31. The van der Waals surface area contributed by atoms with Gasteiger partial charge in [0.25, 0.3) is 0 Å². The molecule has 0 aliphatic carbocycles. The van der Waals surface area contributed by atoms with E-state index < -0.39 is 74.1 Å². The molecule has 0 aromatic heterocycles. The summed E-state index contributed by atoms with van der Waals surface area (Å²) in [6.45, 7) is -0.806. The van der Waals surface area contributed by atoms with E-state index in [4.69, 9.17) is 9.47 Å². The Hall–Kier alpha value is -1.77. The van der Waals surface area contributed by atoms with Crippen LogP contribution in [0.1, 0.15) is 24.7 Å². The van der Waals surface area contributed by atoms with Gasteiger partial charge in [-0.1, -0.05) is 30.3 Å². The molecule has 0 bridgehead atoms. The summed E-state index contributed by atoms with van der Waals surface area (Å²) in [7, 11) is 0. The fraction of sp³-hybridized carbons (Fsp3) is 0.667. The molecule has 0 radical (unpaired) electrons. The van der Waals surface area contributed by atoms with Gasteiger partial charge in [0.15, 0.2) is 6.29 Å². The zero-order valence-corrected chi connectivity index (χ0v) is 16.1. The second kappa shape index (κ2) is 8.78. The van der Waals surface area contributed by atoms with Crippen LogP contribution in [0.15, 0.2) is 30.3 Å². The Labute approximate surface area is 177 Å². The predicted molar refractivity (Wildman–Crippen MR) is 84.6 cm³/mol. The molecule has 2 rings (SSSR count). The van der Waals surface area contributed by atoms with Crippen molar-refractivity contribution in [3.8, 4) is 0 Å². The summed E-state index contributed by atoms with van der Waals surface area (Å²) in [6, 6.07) is 8.00. The number of hydrogen-bond acceptors (Lipinski definition) is 2. The average Bonchev–Trinajstić information content (AvgIpc) is 2.72. The maximum absolute atomic E-state index is 13.8. The van der Waals surface area contributed by atoms with Crippen LogP contribution in [0, 0.1) is 5.92 Å². The van der Waals surface area contributed by atoms with E-state index in [0.29, 0.717) is 5.56 Å². The molecule has 15 heteroatoms. The van der Waals surface area contributed by atoms with E-state index in [2.05, 4.69) is 0 Å². The normalized spacial score (nSPS) is 21.8. The summed E-state index contributed by atoms with van der Waals surface area (Å²) in [5.41, 5.74) is 0.500. The van der Waals surface area contributed by atoms with E-state index in [1.54, 1.807) is 30.3 Å². The maximum atomic E-state index is 13.8. The van der Waals surface area contributed by atoms with Crippen molar-refractivity contribution in [2.45, 2.75) is 54.9 Å². The topological polar surface area (TPSA) is 18.5 Å². The first-order valence-corrected chi connectivity index (χ1v) is 9.03. The molecule has 0 saturated carbocycles. The smallest absolute Gasteiger partial charge is 0.348 e. The van der Waals surface area contributed by atoms with Gasteiger partial charge in [0.05, 0.1) is 13.2 Å². The molecule has 33 heavy (non-hydrogen) atoms. The van der Waals surface area contributed by atoms with Crippen molar-refractivity contribution >= 4 is 0 Å². The Bertz CT molecular complexity index is 784. The van der Waals surface area contributed by atoms with E-state index in [-0.39, 0.29) is 0 Å². The Morgan fingerprint density at radius 3 is 1.55 bits per heavy atom. The largest absolute Gasteiger partial charge is 0.460 e. The SMILES string of the molecule is FC(F)(F)C(F)(F)C(F)(F)C(F)(F)C(F)(F)C(F)(F)CCC1COC(c2ccccc2)OC1. The monoisotopic (exact) mass is 510 g/mol. The van der Waals surface area contributed by atoms with Crippen molar-refractivity contribution in [2.24, 2.45) is 5.92 Å². The lowest BCUT2D eigenvalue weighted by Crippen LogP contribution is -2.70. The van der Waals surface area contributed by atoms with E-state index in [1.807, 2.05) is 0 Å². The Balaban J connectivity index is 2.10. The van der Waals surface area contributed by atoms with Crippen LogP contribution in [0.5, 0.6) is 0 Å². The molecule has 1 aromatic rings. The average molecular weight is 510 g/mol. The number of halogens is 13. The van der Waals surface area contributed by atoms with Crippen LogP contribution >= 0.6 is 0 Å². The molecule has 0 amide bonds. The van der Waals surface area contributed by atoms with E-state index in [1.165, 1.54) is 0 Å². The molecule has 0 unspecified atom stereocenters. The van der Waals surface area contributed by atoms with E-state index in [9.17, 15) is 57.1 Å². The summed E-state index contributed by atoms with van der Waals surface area (Å²) in [5.74, 6) is -37.8. The fourth-order valence-electron chi connectivity index (χ4n) is 2.86. The van der Waals surface area contributed by atoms with Crippen LogP contribution in [0.25, 0.3) is 0 Å². The number of hydrogen-bond donors (Lipinski definition) is 0. The van der Waals surface area contributed by atoms with Gasteiger partial charge in [-0.05, 0) is 6.42 Å². The standard InChI is InChI=1S/C18H15F13O2/c19-13(20,7-6-10-8-32-12(33-9-10)11-4-2-1-3-5-11)14(21,22)15(23,24)16(25,26)17(27,28)18(29,30)31/h1-5,10,12H,6-9H2. The second-order valence-electron chi connectivity index (χ2n) is 7.31. The summed E-state index contributed by atoms with van der Waals surface area (Å²) >= 11 is 0. The van der Waals surface area contributed by atoms with Gasteiger partial charge in [0.1, 0.15) is 0 Å². The summed E-state index contributed by atoms with van der Waals surface area (Å²) in [5, 5.41) is 0. The van der Waals surface area contributed by atoms with Crippen LogP contribution < -0.4 is 0 Å². The molecule has 0 spiro atoms. The zero-order chi connectivity index (χ0) is 25.5. The summed E-state index contributed by atoms with van der Waals surface area (Å²) in [4.78, 5) is 0. The maximum Gasteiger partial charge on any atom is 0.460 e. The third-order valence-electron chi connectivity index (χ3n) is 4.90. The van der Waals surface area contributed by atoms with Gasteiger partial charge in [-0.2, -0.15) is 57.1 Å². The fourth-order valence-corrected chi connectivity index (χ4v) is 2.86. The molecular weight excluding hydrogens is 495 g/mol. The van der Waals surface area contributed by atoms with Crippen molar-refractivity contribution in [3.05, 3.63) is 35.9 Å². The first kappa shape index (κ1) is 27.5. The minimum atomic E-state index is -7.88. The highest BCUT2D eigenvalue weighted by Gasteiger charge is 2.90. The molecule has 1 heterocycles. The number of rotatable bonds is 8. The molecule has 2 nitrogen and oxygen atoms in total. The number of benzene rings is 1. The third kappa shape index (κ3) is 4.75. The minimum Gasteiger partial charge on any atom is -0.348 e. The van der Waals surface area contributed by atoms with Gasteiger partial charge >= 0.3 is 35.8 Å². The van der Waals surface area contributed by atoms with Gasteiger partial charge in [-0.25, -0.2) is 0 Å². The first-order valence-electron chi connectivity index (χ1n) is 9.03. The molecule has 1 aliphatic rings. The molecule has 1 aliphatic heterocycles. The molecule has 190 valence electrons. The summed E-state index contributed by atoms with van der Waals surface area (Å²) in [6.07, 6.45) is -11.7. The highest BCUT2D eigenvalue weighted by atomic mass is 19.4. The summed E-state index contributed by atoms with van der Waals surface area (Å²) < 4.78 is 181. The van der Waals surface area contributed by atoms with Crippen molar-refractivity contribution in [1.29, 1.82) is 0 Å². The van der Waals surface area contributed by atoms with Crippen molar-refractivity contribution in [2.75, 3.05) is 13.2 Å². The molecule has 1 aromatic carbocycles. The van der Waals surface area contributed by atoms with Crippen molar-refractivity contribution in [1.82, 2.24) is 0 Å². The van der Waals surface area contributed by atoms with E-state index >= 15 is 0 Å². The third-order valence-corrected chi connectivity index (χ3v) is 4.90. The van der Waals surface area contributed by atoms with Crippen molar-refractivity contribution < 1.29 is 66.5 Å². The number of ether oxygens (including phenoxy) is 2. The Morgan fingerprint density at radius 2 is 1.09 bits per heavy atom. The van der Waals surface area contributed by atoms with Gasteiger partial charge in [0, 0.05) is 17.9 Å². The zero-order valence-electron chi connectivity index (χ0n) is 16.1. The lowest BCUT2D eigenvalue weighted by atomic mass is 9.90. The van der Waals surface area contributed by atoms with Gasteiger partial charge in [-0.15, -0.1) is 0 Å². The van der Waals surface area contributed by atoms with Crippen LogP contribution in [0.2, 0.25) is 0 Å². The van der Waals surface area contributed by atoms with Gasteiger partial charge in [-0.3, -0.25) is 0 Å². The lowest BCUT2D eigenvalue weighted by molar-refractivity contribution is -0.440. The van der Waals surface area contributed by atoms with Crippen LogP contribution in [-0.4, -0.2) is 49.0 Å². The quantitative estimate of drug-likeness (QED) is 0.356. The molecule has 1 fully saturated rings. The molecular formula is C18H15F13O2. The van der Waals surface area contributed by atoms with Crippen molar-refractivity contribution in [3.63, 3.8) is 0 Å². The predicted octanol–water partition coefficient (Wildman–Crippen LogP) is 6.87. The van der Waals surface area contributed by atoms with E-state index in [0.717, 1.165) is 0 Å². The van der Waals surface area contributed by atoms with Crippen LogP contribution in [0.4, 0.5) is 57.1 Å². The first-order chi connectivity index (χ1) is 14.8. The van der Waals surface area contributed by atoms with Gasteiger partial charge in [0.2, 0.25) is 0 Å². The highest BCUT2D eigenvalue weighted by molar-refractivity contribution is 5.16. The highest BCUT2D eigenvalue weighted by Crippen LogP contribution is 2.60. The Kier molecular flexibility index (Phi) is 7.31. The van der Waals surface area contributed by atoms with Crippen LogP contribution in [-0.2, 0) is 9.47 Å². The molecule has 0 atom stereocenters. The molecule has 0 N–H and O–H groups in total. The minimum absolute atomic E-state index is 0.403. The van der Waals surface area contributed by atoms with Crippen LogP contribution in [0.3, 0.4) is 0 Å².